The van der Waals surface area contributed by atoms with Gasteiger partial charge in [0.1, 0.15) is 11.5 Å². The molecule has 2 rings (SSSR count). The van der Waals surface area contributed by atoms with Crippen molar-refractivity contribution in [2.45, 2.75) is 98.0 Å². The van der Waals surface area contributed by atoms with E-state index < -0.39 is 6.10 Å². The van der Waals surface area contributed by atoms with Crippen LogP contribution in [0, 0.1) is 0 Å². The molecule has 0 fully saturated rings. The second-order valence-electron chi connectivity index (χ2n) is 8.58. The van der Waals surface area contributed by atoms with Gasteiger partial charge in [0.2, 0.25) is 0 Å². The predicted molar refractivity (Wildman–Crippen MR) is 133 cm³/mol. The molecule has 2 aromatic rings. The molecule has 0 aliphatic rings. The van der Waals surface area contributed by atoms with Crippen LogP contribution >= 0.6 is 0 Å². The second-order valence-corrected chi connectivity index (χ2v) is 8.58. The summed E-state index contributed by atoms with van der Waals surface area (Å²) in [5.41, 5.74) is 3.66. The van der Waals surface area contributed by atoms with Crippen LogP contribution in [0.5, 0.6) is 11.5 Å². The predicted octanol–water partition coefficient (Wildman–Crippen LogP) is 8.25. The summed E-state index contributed by atoms with van der Waals surface area (Å²) in [6.07, 6.45) is 9.88. The zero-order chi connectivity index (χ0) is 23.2. The first-order valence-corrected chi connectivity index (χ1v) is 12.8. The van der Waals surface area contributed by atoms with Crippen LogP contribution in [-0.4, -0.2) is 13.2 Å². The van der Waals surface area contributed by atoms with E-state index in [1.807, 2.05) is 24.3 Å². The molecule has 0 spiro atoms. The molecule has 3 heteroatoms. The number of aryl methyl sites for hydroxylation is 2. The Balaban J connectivity index is 2.28. The average Bonchev–Trinajstić information content (AvgIpc) is 2.83. The number of unbranched alkanes of at least 4 members (excludes halogenated alkanes) is 6. The van der Waals surface area contributed by atoms with Gasteiger partial charge in [0, 0.05) is 11.1 Å². The monoisotopic (exact) mass is 439 g/mol. The molecular weight excluding hydrogens is 396 g/mol. The van der Waals surface area contributed by atoms with Crippen LogP contribution in [0.15, 0.2) is 36.4 Å². The van der Waals surface area contributed by atoms with E-state index in [2.05, 4.69) is 39.8 Å². The summed E-state index contributed by atoms with van der Waals surface area (Å²) < 4.78 is 12.5. The Labute approximate surface area is 196 Å². The van der Waals surface area contributed by atoms with E-state index in [-0.39, 0.29) is 0 Å². The van der Waals surface area contributed by atoms with Crippen LogP contribution < -0.4 is 9.47 Å². The molecule has 0 unspecified atom stereocenters. The quantitative estimate of drug-likeness (QED) is 0.247. The minimum atomic E-state index is -1.02. The Bertz CT molecular complexity index is 718. The molecule has 0 heterocycles. The van der Waals surface area contributed by atoms with Crippen molar-refractivity contribution in [1.82, 2.24) is 0 Å². The molecule has 0 saturated carbocycles. The highest BCUT2D eigenvalue weighted by molar-refractivity contribution is 5.51. The Morgan fingerprint density at radius 1 is 0.625 bits per heavy atom. The Morgan fingerprint density at radius 3 is 1.44 bits per heavy atom. The van der Waals surface area contributed by atoms with Gasteiger partial charge >= 0.3 is 0 Å². The van der Waals surface area contributed by atoms with E-state index in [0.29, 0.717) is 13.2 Å². The maximum atomic E-state index is 13.8. The van der Waals surface area contributed by atoms with E-state index >= 15 is 0 Å². The van der Waals surface area contributed by atoms with Crippen LogP contribution in [0.2, 0.25) is 0 Å². The molecule has 1 radical (unpaired) electrons. The van der Waals surface area contributed by atoms with E-state index in [9.17, 15) is 5.11 Å². The highest BCUT2D eigenvalue weighted by atomic mass is 16.5. The fraction of sp³-hybridized carbons (Fsp3) is 0.586. The normalized spacial score (nSPS) is 11.2. The van der Waals surface area contributed by atoms with Gasteiger partial charge in [0.05, 0.1) is 13.2 Å². The largest absolute Gasteiger partial charge is 0.493 e. The zero-order valence-corrected chi connectivity index (χ0v) is 20.8. The van der Waals surface area contributed by atoms with Gasteiger partial charge in [0.15, 0.2) is 6.10 Å². The van der Waals surface area contributed by atoms with E-state index in [1.54, 1.807) is 0 Å². The standard InChI is InChI=1S/C29H43O3/c1-5-9-11-13-21-31-28-23(7-3)17-15-19-25(28)27(30)26-20-16-18-24(8-4)29(26)32-22-14-12-10-6-2/h15-20,27H,5-14,21-22H2,1-4H3. The maximum Gasteiger partial charge on any atom is 0.150 e. The van der Waals surface area contributed by atoms with Gasteiger partial charge in [-0.15, -0.1) is 0 Å². The van der Waals surface area contributed by atoms with E-state index in [4.69, 9.17) is 9.47 Å². The lowest BCUT2D eigenvalue weighted by molar-refractivity contribution is 0.116. The van der Waals surface area contributed by atoms with Gasteiger partial charge in [-0.2, -0.15) is 0 Å². The highest BCUT2D eigenvalue weighted by Crippen LogP contribution is 2.39. The van der Waals surface area contributed by atoms with Crippen molar-refractivity contribution in [2.24, 2.45) is 0 Å². The first-order chi connectivity index (χ1) is 15.7. The van der Waals surface area contributed by atoms with E-state index in [1.165, 1.54) is 25.7 Å². The second kappa shape index (κ2) is 14.9. The first-order valence-electron chi connectivity index (χ1n) is 12.8. The van der Waals surface area contributed by atoms with Gasteiger partial charge in [-0.1, -0.05) is 103 Å². The molecule has 32 heavy (non-hydrogen) atoms. The zero-order valence-electron chi connectivity index (χ0n) is 20.8. The maximum absolute atomic E-state index is 13.8. The van der Waals surface area contributed by atoms with E-state index in [0.717, 1.165) is 72.3 Å². The number of ether oxygens (including phenoxy) is 2. The summed E-state index contributed by atoms with van der Waals surface area (Å²) in [5.74, 6) is 1.56. The summed E-state index contributed by atoms with van der Waals surface area (Å²) >= 11 is 0. The average molecular weight is 440 g/mol. The summed E-state index contributed by atoms with van der Waals surface area (Å²) in [7, 11) is 0. The van der Waals surface area contributed by atoms with Crippen molar-refractivity contribution >= 4 is 0 Å². The Morgan fingerprint density at radius 2 is 1.06 bits per heavy atom. The molecule has 0 atom stereocenters. The third-order valence-electron chi connectivity index (χ3n) is 6.07. The Kier molecular flexibility index (Phi) is 12.3. The lowest BCUT2D eigenvalue weighted by Crippen LogP contribution is -2.10. The lowest BCUT2D eigenvalue weighted by Gasteiger charge is -2.21. The molecule has 0 aliphatic heterocycles. The molecule has 0 bridgehead atoms. The van der Waals surface area contributed by atoms with Gasteiger partial charge in [0.25, 0.3) is 0 Å². The number of benzene rings is 2. The fourth-order valence-corrected chi connectivity index (χ4v) is 4.10. The summed E-state index contributed by atoms with van der Waals surface area (Å²) in [4.78, 5) is 0. The minimum Gasteiger partial charge on any atom is -0.493 e. The fourth-order valence-electron chi connectivity index (χ4n) is 4.10. The number of rotatable bonds is 16. The van der Waals surface area contributed by atoms with Crippen LogP contribution in [0.1, 0.15) is 107 Å². The Hall–Kier alpha value is -2.00. The smallest absolute Gasteiger partial charge is 0.150 e. The number of para-hydroxylation sites is 2. The molecule has 0 N–H and O–H groups in total. The molecule has 0 saturated heterocycles. The van der Waals surface area contributed by atoms with Crippen LogP contribution in [0.3, 0.4) is 0 Å². The van der Waals surface area contributed by atoms with Gasteiger partial charge in [-0.05, 0) is 36.8 Å². The summed E-state index contributed by atoms with van der Waals surface area (Å²) in [6.45, 7) is 9.97. The minimum absolute atomic E-state index is 0.659. The molecule has 177 valence electrons. The third-order valence-corrected chi connectivity index (χ3v) is 6.07. The molecule has 0 amide bonds. The number of hydrogen-bond donors (Lipinski definition) is 0. The first kappa shape index (κ1) is 26.3. The van der Waals surface area contributed by atoms with Crippen LogP contribution in [-0.2, 0) is 17.9 Å². The lowest BCUT2D eigenvalue weighted by atomic mass is 9.94. The topological polar surface area (TPSA) is 38.4 Å². The van der Waals surface area contributed by atoms with Crippen molar-refractivity contribution in [3.8, 4) is 11.5 Å². The van der Waals surface area contributed by atoms with Gasteiger partial charge in [-0.3, -0.25) is 0 Å². The van der Waals surface area contributed by atoms with Crippen molar-refractivity contribution in [3.05, 3.63) is 58.7 Å². The number of hydrogen-bond acceptors (Lipinski definition) is 2. The van der Waals surface area contributed by atoms with Crippen molar-refractivity contribution in [3.63, 3.8) is 0 Å². The summed E-state index contributed by atoms with van der Waals surface area (Å²) in [5, 5.41) is 13.8. The van der Waals surface area contributed by atoms with Gasteiger partial charge in [-0.25, -0.2) is 5.11 Å². The van der Waals surface area contributed by atoms with Crippen molar-refractivity contribution < 1.29 is 14.6 Å². The highest BCUT2D eigenvalue weighted by Gasteiger charge is 2.24. The molecular formula is C29H43O3. The molecule has 2 aromatic carbocycles. The van der Waals surface area contributed by atoms with Crippen molar-refractivity contribution in [2.75, 3.05) is 13.2 Å². The van der Waals surface area contributed by atoms with Crippen LogP contribution in [0.4, 0.5) is 0 Å². The van der Waals surface area contributed by atoms with Crippen LogP contribution in [0.25, 0.3) is 0 Å². The molecule has 0 aromatic heterocycles. The van der Waals surface area contributed by atoms with Crippen molar-refractivity contribution in [1.29, 1.82) is 0 Å². The molecule has 3 nitrogen and oxygen atoms in total. The summed E-state index contributed by atoms with van der Waals surface area (Å²) in [6, 6.07) is 12.0. The third kappa shape index (κ3) is 7.55. The SMILES string of the molecule is CCCCCCOc1c(CC)cccc1C([O])c1cccc(CC)c1OCCCCCC. The molecule has 0 aliphatic carbocycles. The van der Waals surface area contributed by atoms with Gasteiger partial charge < -0.3 is 9.47 Å².